The molecule has 0 aliphatic carbocycles. The van der Waals surface area contributed by atoms with Gasteiger partial charge < -0.3 is 9.80 Å². The van der Waals surface area contributed by atoms with E-state index in [1.807, 2.05) is 0 Å². The largest absolute Gasteiger partial charge is 0.356 e. The van der Waals surface area contributed by atoms with Gasteiger partial charge in [-0.1, -0.05) is 117 Å². The highest BCUT2D eigenvalue weighted by atomic mass is 15.4. The SMILES string of the molecule is CCCCCCCCCCCCCCCCN1C=CN(CCCC)C1CCCC. The molecular weight excluding hydrogens is 352 g/mol. The van der Waals surface area contributed by atoms with Gasteiger partial charge in [0.25, 0.3) is 0 Å². The van der Waals surface area contributed by atoms with Crippen molar-refractivity contribution in [1.29, 1.82) is 0 Å². The zero-order chi connectivity index (χ0) is 21.0. The molecule has 0 aromatic rings. The molecule has 2 nitrogen and oxygen atoms in total. The van der Waals surface area contributed by atoms with Crippen molar-refractivity contribution in [3.63, 3.8) is 0 Å². The molecule has 0 amide bonds. The van der Waals surface area contributed by atoms with Crippen LogP contribution in [-0.4, -0.2) is 29.1 Å². The maximum absolute atomic E-state index is 2.63. The fraction of sp³-hybridized carbons (Fsp3) is 0.926. The Bertz CT molecular complexity index is 366. The number of hydrogen-bond donors (Lipinski definition) is 0. The van der Waals surface area contributed by atoms with E-state index in [1.165, 1.54) is 135 Å². The molecule has 0 spiro atoms. The smallest absolute Gasteiger partial charge is 0.101 e. The molecule has 0 fully saturated rings. The summed E-state index contributed by atoms with van der Waals surface area (Å²) in [6, 6.07) is 0. The third kappa shape index (κ3) is 13.3. The summed E-state index contributed by atoms with van der Waals surface area (Å²) in [6.45, 7) is 9.40. The van der Waals surface area contributed by atoms with Crippen LogP contribution in [0.5, 0.6) is 0 Å². The number of unbranched alkanes of at least 4 members (excludes halogenated alkanes) is 15. The summed E-state index contributed by atoms with van der Waals surface area (Å²) in [5.41, 5.74) is 0. The van der Waals surface area contributed by atoms with Crippen molar-refractivity contribution in [2.24, 2.45) is 0 Å². The molecule has 0 aromatic heterocycles. The van der Waals surface area contributed by atoms with Crippen molar-refractivity contribution in [2.75, 3.05) is 13.1 Å². The lowest BCUT2D eigenvalue weighted by molar-refractivity contribution is 0.137. The standard InChI is InChI=1S/C27H54N2/c1-4-7-10-11-12-13-14-15-16-17-18-19-20-21-24-29-26-25-28(23-9-6-3)27(29)22-8-5-2/h25-27H,4-24H2,1-3H3. The molecule has 1 aliphatic rings. The zero-order valence-electron chi connectivity index (χ0n) is 20.5. The van der Waals surface area contributed by atoms with Gasteiger partial charge in [-0.25, -0.2) is 0 Å². The van der Waals surface area contributed by atoms with Crippen LogP contribution in [0.25, 0.3) is 0 Å². The number of rotatable bonds is 21. The van der Waals surface area contributed by atoms with Crippen molar-refractivity contribution in [3.05, 3.63) is 12.4 Å². The minimum Gasteiger partial charge on any atom is -0.356 e. The maximum atomic E-state index is 2.63. The molecule has 1 atom stereocenters. The average Bonchev–Trinajstić information content (AvgIpc) is 3.12. The van der Waals surface area contributed by atoms with Gasteiger partial charge in [-0.3, -0.25) is 0 Å². The highest BCUT2D eigenvalue weighted by Gasteiger charge is 2.24. The maximum Gasteiger partial charge on any atom is 0.101 e. The van der Waals surface area contributed by atoms with Crippen LogP contribution in [0.3, 0.4) is 0 Å². The first-order valence-corrected chi connectivity index (χ1v) is 13.5. The van der Waals surface area contributed by atoms with Crippen molar-refractivity contribution in [2.45, 2.75) is 149 Å². The van der Waals surface area contributed by atoms with E-state index in [9.17, 15) is 0 Å². The van der Waals surface area contributed by atoms with Crippen LogP contribution in [0.15, 0.2) is 12.4 Å². The molecule has 0 N–H and O–H groups in total. The van der Waals surface area contributed by atoms with Crippen LogP contribution >= 0.6 is 0 Å². The van der Waals surface area contributed by atoms with E-state index in [1.54, 1.807) is 0 Å². The minimum atomic E-state index is 0.642. The first-order valence-electron chi connectivity index (χ1n) is 13.5. The first kappa shape index (κ1) is 26.4. The lowest BCUT2D eigenvalue weighted by Crippen LogP contribution is -2.39. The lowest BCUT2D eigenvalue weighted by atomic mass is 10.0. The van der Waals surface area contributed by atoms with Gasteiger partial charge in [0.2, 0.25) is 0 Å². The van der Waals surface area contributed by atoms with Crippen LogP contribution in [-0.2, 0) is 0 Å². The van der Waals surface area contributed by atoms with Gasteiger partial charge in [0.05, 0.1) is 0 Å². The summed E-state index contributed by atoms with van der Waals surface area (Å²) < 4.78 is 0. The number of nitrogens with zero attached hydrogens (tertiary/aromatic N) is 2. The molecule has 0 bridgehead atoms. The molecule has 1 aliphatic heterocycles. The van der Waals surface area contributed by atoms with E-state index in [0.717, 1.165) is 0 Å². The second-order valence-electron chi connectivity index (χ2n) is 9.35. The quantitative estimate of drug-likeness (QED) is 0.176. The Labute approximate surface area is 184 Å². The molecule has 0 radical (unpaired) electrons. The van der Waals surface area contributed by atoms with E-state index in [0.29, 0.717) is 6.17 Å². The van der Waals surface area contributed by atoms with Crippen molar-refractivity contribution in [1.82, 2.24) is 9.80 Å². The highest BCUT2D eigenvalue weighted by molar-refractivity contribution is 4.96. The Morgan fingerprint density at radius 2 is 0.828 bits per heavy atom. The van der Waals surface area contributed by atoms with Crippen LogP contribution in [0.2, 0.25) is 0 Å². The van der Waals surface area contributed by atoms with Crippen molar-refractivity contribution < 1.29 is 0 Å². The van der Waals surface area contributed by atoms with Gasteiger partial charge in [-0.15, -0.1) is 0 Å². The highest BCUT2D eigenvalue weighted by Crippen LogP contribution is 2.22. The molecular formula is C27H54N2. The summed E-state index contributed by atoms with van der Waals surface area (Å²) in [5.74, 6) is 0. The second-order valence-corrected chi connectivity index (χ2v) is 9.35. The predicted octanol–water partition coefficient (Wildman–Crippen LogP) is 8.87. The van der Waals surface area contributed by atoms with Gasteiger partial charge in [-0.2, -0.15) is 0 Å². The lowest BCUT2D eigenvalue weighted by Gasteiger charge is -2.33. The predicted molar refractivity (Wildman–Crippen MR) is 131 cm³/mol. The third-order valence-corrected chi connectivity index (χ3v) is 6.57. The van der Waals surface area contributed by atoms with Gasteiger partial charge in [0.1, 0.15) is 6.17 Å². The summed E-state index contributed by atoms with van der Waals surface area (Å²) in [7, 11) is 0. The molecule has 0 saturated carbocycles. The Balaban J connectivity index is 1.97. The van der Waals surface area contributed by atoms with E-state index in [2.05, 4.69) is 43.0 Å². The van der Waals surface area contributed by atoms with Crippen molar-refractivity contribution in [3.8, 4) is 0 Å². The zero-order valence-corrected chi connectivity index (χ0v) is 20.5. The Morgan fingerprint density at radius 3 is 1.28 bits per heavy atom. The van der Waals surface area contributed by atoms with Crippen LogP contribution in [0.4, 0.5) is 0 Å². The van der Waals surface area contributed by atoms with Gasteiger partial charge >= 0.3 is 0 Å². The fourth-order valence-corrected chi connectivity index (χ4v) is 4.56. The summed E-state index contributed by atoms with van der Waals surface area (Å²) in [6.07, 6.45) is 32.2. The summed E-state index contributed by atoms with van der Waals surface area (Å²) in [5, 5.41) is 0. The Hall–Kier alpha value is -0.660. The van der Waals surface area contributed by atoms with Gasteiger partial charge in [0, 0.05) is 25.5 Å². The molecule has 1 unspecified atom stereocenters. The van der Waals surface area contributed by atoms with Crippen LogP contribution < -0.4 is 0 Å². The molecule has 0 saturated heterocycles. The summed E-state index contributed by atoms with van der Waals surface area (Å²) >= 11 is 0. The fourth-order valence-electron chi connectivity index (χ4n) is 4.56. The Morgan fingerprint density at radius 1 is 0.448 bits per heavy atom. The molecule has 1 heterocycles. The number of hydrogen-bond acceptors (Lipinski definition) is 2. The monoisotopic (exact) mass is 406 g/mol. The third-order valence-electron chi connectivity index (χ3n) is 6.57. The first-order chi connectivity index (χ1) is 14.3. The molecule has 172 valence electrons. The van der Waals surface area contributed by atoms with Gasteiger partial charge in [0.15, 0.2) is 0 Å². The molecule has 1 rings (SSSR count). The van der Waals surface area contributed by atoms with E-state index in [4.69, 9.17) is 0 Å². The molecule has 2 heteroatoms. The molecule has 29 heavy (non-hydrogen) atoms. The average molecular weight is 407 g/mol. The van der Waals surface area contributed by atoms with Crippen LogP contribution in [0, 0.1) is 0 Å². The minimum absolute atomic E-state index is 0.642. The van der Waals surface area contributed by atoms with E-state index >= 15 is 0 Å². The van der Waals surface area contributed by atoms with Crippen molar-refractivity contribution >= 4 is 0 Å². The van der Waals surface area contributed by atoms with Gasteiger partial charge in [-0.05, 0) is 25.7 Å². The van der Waals surface area contributed by atoms with E-state index < -0.39 is 0 Å². The summed E-state index contributed by atoms with van der Waals surface area (Å²) in [4.78, 5) is 5.23. The molecule has 0 aromatic carbocycles. The second kappa shape index (κ2) is 19.3. The van der Waals surface area contributed by atoms with Crippen LogP contribution in [0.1, 0.15) is 143 Å². The normalized spacial score (nSPS) is 16.3. The Kier molecular flexibility index (Phi) is 17.6. The topological polar surface area (TPSA) is 6.48 Å². The van der Waals surface area contributed by atoms with E-state index in [-0.39, 0.29) is 0 Å².